The third kappa shape index (κ3) is 2.83. The van der Waals surface area contributed by atoms with Gasteiger partial charge in [-0.3, -0.25) is 4.90 Å². The number of thiazole rings is 1. The van der Waals surface area contributed by atoms with E-state index in [1.807, 2.05) is 35.6 Å². The van der Waals surface area contributed by atoms with Crippen molar-refractivity contribution in [2.24, 2.45) is 0 Å². The lowest BCUT2D eigenvalue weighted by molar-refractivity contribution is 0.128. The molecule has 1 fully saturated rings. The number of nitrogens with zero attached hydrogens (tertiary/aromatic N) is 3. The molecule has 0 N–H and O–H groups in total. The van der Waals surface area contributed by atoms with E-state index in [0.29, 0.717) is 6.04 Å². The van der Waals surface area contributed by atoms with Crippen molar-refractivity contribution in [2.45, 2.75) is 31.8 Å². The normalized spacial score (nSPS) is 19.0. The van der Waals surface area contributed by atoms with E-state index in [1.165, 1.54) is 22.5 Å². The van der Waals surface area contributed by atoms with E-state index in [9.17, 15) is 0 Å². The van der Waals surface area contributed by atoms with Gasteiger partial charge in [0.1, 0.15) is 10.5 Å². The Kier molecular flexibility index (Phi) is 3.76. The Balaban J connectivity index is 1.45. The molecule has 1 unspecified atom stereocenters. The second-order valence-electron chi connectivity index (χ2n) is 6.58. The lowest BCUT2D eigenvalue weighted by atomic mass is 10.0. The number of oxazole rings is 1. The van der Waals surface area contributed by atoms with Gasteiger partial charge < -0.3 is 4.42 Å². The fourth-order valence-corrected chi connectivity index (χ4v) is 4.79. The van der Waals surface area contributed by atoms with Crippen LogP contribution in [0.5, 0.6) is 0 Å². The van der Waals surface area contributed by atoms with E-state index in [2.05, 4.69) is 34.1 Å². The zero-order valence-electron chi connectivity index (χ0n) is 13.9. The van der Waals surface area contributed by atoms with Gasteiger partial charge in [-0.25, -0.2) is 9.97 Å². The van der Waals surface area contributed by atoms with Crippen molar-refractivity contribution in [2.75, 3.05) is 6.54 Å². The fourth-order valence-electron chi connectivity index (χ4n) is 3.65. The van der Waals surface area contributed by atoms with Crippen molar-refractivity contribution < 1.29 is 4.42 Å². The Hall–Kier alpha value is -2.24. The molecule has 0 radical (unpaired) electrons. The van der Waals surface area contributed by atoms with E-state index in [-0.39, 0.29) is 0 Å². The van der Waals surface area contributed by atoms with Gasteiger partial charge in [-0.15, -0.1) is 11.3 Å². The summed E-state index contributed by atoms with van der Waals surface area (Å²) in [5.74, 6) is 0.800. The van der Waals surface area contributed by atoms with Crippen LogP contribution in [0.25, 0.3) is 21.3 Å². The minimum absolute atomic E-state index is 0.362. The summed E-state index contributed by atoms with van der Waals surface area (Å²) in [5, 5.41) is 1.22. The summed E-state index contributed by atoms with van der Waals surface area (Å²) < 4.78 is 7.21. The number of piperidine rings is 1. The van der Waals surface area contributed by atoms with Crippen LogP contribution in [0.2, 0.25) is 0 Å². The molecule has 0 amide bonds. The lowest BCUT2D eigenvalue weighted by Crippen LogP contribution is -2.32. The van der Waals surface area contributed by atoms with Gasteiger partial charge in [0.05, 0.1) is 22.8 Å². The number of fused-ring (bicyclic) bond motifs is 2. The third-order valence-corrected chi connectivity index (χ3v) is 6.02. The Labute approximate surface area is 150 Å². The lowest BCUT2D eigenvalue weighted by Gasteiger charge is -2.33. The monoisotopic (exact) mass is 349 g/mol. The van der Waals surface area contributed by atoms with Crippen molar-refractivity contribution in [3.63, 3.8) is 0 Å². The molecular formula is C20H19N3OS. The predicted molar refractivity (Wildman–Crippen MR) is 101 cm³/mol. The van der Waals surface area contributed by atoms with Crippen LogP contribution in [-0.4, -0.2) is 21.4 Å². The quantitative estimate of drug-likeness (QED) is 0.512. The minimum atomic E-state index is 0.362. The summed E-state index contributed by atoms with van der Waals surface area (Å²) in [6, 6.07) is 16.7. The van der Waals surface area contributed by atoms with Crippen LogP contribution >= 0.6 is 11.3 Å². The summed E-state index contributed by atoms with van der Waals surface area (Å²) in [5.41, 5.74) is 2.91. The van der Waals surface area contributed by atoms with Gasteiger partial charge in [0.15, 0.2) is 5.58 Å². The summed E-state index contributed by atoms with van der Waals surface area (Å²) in [6.45, 7) is 1.81. The highest BCUT2D eigenvalue weighted by atomic mass is 32.1. The van der Waals surface area contributed by atoms with E-state index < -0.39 is 0 Å². The fraction of sp³-hybridized carbons (Fsp3) is 0.300. The predicted octanol–water partition coefficient (Wildman–Crippen LogP) is 5.16. The number of hydrogen-bond donors (Lipinski definition) is 0. The number of likely N-dealkylation sites (tertiary alicyclic amines) is 1. The Morgan fingerprint density at radius 1 is 1.00 bits per heavy atom. The first-order chi connectivity index (χ1) is 12.4. The molecule has 1 aliphatic heterocycles. The van der Waals surface area contributed by atoms with E-state index in [1.54, 1.807) is 0 Å². The molecule has 1 atom stereocenters. The molecule has 0 saturated carbocycles. The standard InChI is InChI=1S/C20H19N3OS/c1-3-10-17-14(7-1)21-19(24-17)13-23-12-6-5-9-16(23)20-22-15-8-2-4-11-18(15)25-20/h1-4,7-8,10-11,16H,5-6,9,12-13H2. The van der Waals surface area contributed by atoms with Crippen molar-refractivity contribution in [1.29, 1.82) is 0 Å². The Bertz CT molecular complexity index is 956. The van der Waals surface area contributed by atoms with E-state index >= 15 is 0 Å². The second kappa shape index (κ2) is 6.24. The molecule has 0 spiro atoms. The van der Waals surface area contributed by atoms with Gasteiger partial charge in [-0.05, 0) is 43.7 Å². The molecule has 0 aliphatic carbocycles. The molecule has 2 aromatic heterocycles. The van der Waals surface area contributed by atoms with Crippen molar-refractivity contribution in [3.05, 3.63) is 59.4 Å². The molecule has 4 aromatic rings. The van der Waals surface area contributed by atoms with Crippen LogP contribution in [0.3, 0.4) is 0 Å². The molecule has 1 aliphatic rings. The second-order valence-corrected chi connectivity index (χ2v) is 7.64. The molecular weight excluding hydrogens is 330 g/mol. The van der Waals surface area contributed by atoms with Gasteiger partial charge in [0, 0.05) is 0 Å². The maximum absolute atomic E-state index is 5.94. The third-order valence-electron chi connectivity index (χ3n) is 4.89. The van der Waals surface area contributed by atoms with Crippen molar-refractivity contribution in [1.82, 2.24) is 14.9 Å². The molecule has 3 heterocycles. The number of aromatic nitrogens is 2. The molecule has 126 valence electrons. The van der Waals surface area contributed by atoms with Crippen LogP contribution in [0, 0.1) is 0 Å². The average molecular weight is 349 g/mol. The highest BCUT2D eigenvalue weighted by Gasteiger charge is 2.28. The minimum Gasteiger partial charge on any atom is -0.439 e. The highest BCUT2D eigenvalue weighted by Crippen LogP contribution is 2.36. The molecule has 0 bridgehead atoms. The van der Waals surface area contributed by atoms with Crippen molar-refractivity contribution in [3.8, 4) is 0 Å². The SMILES string of the molecule is c1ccc2oc(CN3CCCCC3c3nc4ccccc4s3)nc2c1. The first kappa shape index (κ1) is 15.0. The van der Waals surface area contributed by atoms with Gasteiger partial charge in [-0.2, -0.15) is 0 Å². The topological polar surface area (TPSA) is 42.2 Å². The number of rotatable bonds is 3. The molecule has 5 heteroatoms. The number of para-hydroxylation sites is 3. The first-order valence-corrected chi connectivity index (χ1v) is 9.62. The maximum atomic E-state index is 5.94. The van der Waals surface area contributed by atoms with Crippen LogP contribution < -0.4 is 0 Å². The summed E-state index contributed by atoms with van der Waals surface area (Å²) in [7, 11) is 0. The zero-order valence-corrected chi connectivity index (χ0v) is 14.7. The molecule has 25 heavy (non-hydrogen) atoms. The first-order valence-electron chi connectivity index (χ1n) is 8.81. The molecule has 4 nitrogen and oxygen atoms in total. The zero-order chi connectivity index (χ0) is 16.6. The van der Waals surface area contributed by atoms with Crippen LogP contribution in [0.15, 0.2) is 52.9 Å². The largest absolute Gasteiger partial charge is 0.439 e. The Morgan fingerprint density at radius 2 is 1.84 bits per heavy atom. The Morgan fingerprint density at radius 3 is 2.72 bits per heavy atom. The van der Waals surface area contributed by atoms with Crippen LogP contribution in [0.4, 0.5) is 0 Å². The summed E-state index contributed by atoms with van der Waals surface area (Å²) in [4.78, 5) is 12.0. The van der Waals surface area contributed by atoms with Crippen LogP contribution in [0.1, 0.15) is 36.2 Å². The summed E-state index contributed by atoms with van der Waals surface area (Å²) >= 11 is 1.82. The molecule has 2 aromatic carbocycles. The number of hydrogen-bond acceptors (Lipinski definition) is 5. The smallest absolute Gasteiger partial charge is 0.209 e. The number of benzene rings is 2. The highest BCUT2D eigenvalue weighted by molar-refractivity contribution is 7.18. The summed E-state index contributed by atoms with van der Waals surface area (Å²) in [6.07, 6.45) is 3.63. The van der Waals surface area contributed by atoms with Crippen LogP contribution in [-0.2, 0) is 6.54 Å². The van der Waals surface area contributed by atoms with E-state index in [4.69, 9.17) is 9.40 Å². The van der Waals surface area contributed by atoms with Gasteiger partial charge in [0.2, 0.25) is 5.89 Å². The molecule has 5 rings (SSSR count). The van der Waals surface area contributed by atoms with E-state index in [0.717, 1.165) is 42.0 Å². The average Bonchev–Trinajstić information content (AvgIpc) is 3.25. The maximum Gasteiger partial charge on any atom is 0.209 e. The van der Waals surface area contributed by atoms with Gasteiger partial charge in [0.25, 0.3) is 0 Å². The van der Waals surface area contributed by atoms with Gasteiger partial charge in [-0.1, -0.05) is 30.7 Å². The van der Waals surface area contributed by atoms with Crippen molar-refractivity contribution >= 4 is 32.7 Å². The van der Waals surface area contributed by atoms with Gasteiger partial charge >= 0.3 is 0 Å². The molecule has 1 saturated heterocycles.